The van der Waals surface area contributed by atoms with Gasteiger partial charge in [0.15, 0.2) is 0 Å². The number of hydrogen-bond acceptors (Lipinski definition) is 3. The minimum Gasteiger partial charge on any atom is -0.480 e. The van der Waals surface area contributed by atoms with E-state index in [-0.39, 0.29) is 12.1 Å². The number of nitrogens with zero attached hydrogens (tertiary/aromatic N) is 1. The van der Waals surface area contributed by atoms with E-state index in [1.165, 1.54) is 18.2 Å². The van der Waals surface area contributed by atoms with E-state index in [1.807, 2.05) is 12.1 Å². The maximum Gasteiger partial charge on any atom is 0.326 e. The summed E-state index contributed by atoms with van der Waals surface area (Å²) < 4.78 is 13.2. The topological polar surface area (TPSA) is 79.3 Å². The Balaban J connectivity index is 1.78. The van der Waals surface area contributed by atoms with Crippen LogP contribution in [0.4, 0.5) is 4.39 Å². The van der Waals surface area contributed by atoms with E-state index in [2.05, 4.69) is 10.3 Å². The van der Waals surface area contributed by atoms with Crippen LogP contribution in [0.3, 0.4) is 0 Å². The monoisotopic (exact) mass is 338 g/mol. The summed E-state index contributed by atoms with van der Waals surface area (Å²) in [5, 5.41) is 12.7. The Hall–Kier alpha value is -3.28. The van der Waals surface area contributed by atoms with Gasteiger partial charge in [-0.15, -0.1) is 0 Å². The molecular formula is C19H15FN2O3. The second kappa shape index (κ2) is 7.09. The van der Waals surface area contributed by atoms with Crippen LogP contribution in [-0.4, -0.2) is 28.0 Å². The Morgan fingerprint density at radius 2 is 1.88 bits per heavy atom. The number of nitrogens with one attached hydrogen (secondary N) is 1. The van der Waals surface area contributed by atoms with Gasteiger partial charge in [0.1, 0.15) is 17.6 Å². The Morgan fingerprint density at radius 3 is 2.64 bits per heavy atom. The van der Waals surface area contributed by atoms with E-state index in [9.17, 15) is 19.1 Å². The van der Waals surface area contributed by atoms with E-state index < -0.39 is 23.7 Å². The minimum atomic E-state index is -1.20. The van der Waals surface area contributed by atoms with E-state index in [1.54, 1.807) is 30.3 Å². The Labute approximate surface area is 143 Å². The van der Waals surface area contributed by atoms with Crippen molar-refractivity contribution >= 4 is 22.8 Å². The number of halogens is 1. The summed E-state index contributed by atoms with van der Waals surface area (Å²) in [5.74, 6) is -2.24. The zero-order valence-electron chi connectivity index (χ0n) is 13.1. The van der Waals surface area contributed by atoms with Crippen molar-refractivity contribution < 1.29 is 19.1 Å². The van der Waals surface area contributed by atoms with Gasteiger partial charge in [-0.3, -0.25) is 4.79 Å². The first kappa shape index (κ1) is 16.6. The molecule has 0 aliphatic carbocycles. The lowest BCUT2D eigenvalue weighted by atomic mass is 10.1. The maximum atomic E-state index is 13.2. The number of amides is 1. The van der Waals surface area contributed by atoms with Gasteiger partial charge in [-0.2, -0.15) is 0 Å². The van der Waals surface area contributed by atoms with E-state index in [0.717, 1.165) is 5.39 Å². The molecule has 0 spiro atoms. The van der Waals surface area contributed by atoms with Crippen molar-refractivity contribution in [3.63, 3.8) is 0 Å². The van der Waals surface area contributed by atoms with Crippen molar-refractivity contribution in [2.24, 2.45) is 0 Å². The number of carbonyl (C=O) groups excluding carboxylic acids is 1. The fourth-order valence-corrected chi connectivity index (χ4v) is 2.52. The van der Waals surface area contributed by atoms with Crippen molar-refractivity contribution in [2.75, 3.05) is 0 Å². The van der Waals surface area contributed by atoms with Crippen LogP contribution in [0.2, 0.25) is 0 Å². The van der Waals surface area contributed by atoms with Crippen LogP contribution in [0.25, 0.3) is 10.9 Å². The maximum absolute atomic E-state index is 13.2. The highest BCUT2D eigenvalue weighted by atomic mass is 19.1. The second-order valence-electron chi connectivity index (χ2n) is 5.59. The van der Waals surface area contributed by atoms with Gasteiger partial charge in [-0.25, -0.2) is 14.2 Å². The van der Waals surface area contributed by atoms with Gasteiger partial charge in [0.25, 0.3) is 5.91 Å². The van der Waals surface area contributed by atoms with Gasteiger partial charge in [-0.1, -0.05) is 36.4 Å². The summed E-state index contributed by atoms with van der Waals surface area (Å²) in [6.45, 7) is 0. The standard InChI is InChI=1S/C19H15FN2O3/c20-14-6-3-4-12(10-14)11-17(19(24)25)22-18(23)16-9-8-13-5-1-2-7-15(13)21-16/h1-10,17H,11H2,(H,22,23)(H,24,25)/t17-/m1/s1. The summed E-state index contributed by atoms with van der Waals surface area (Å²) in [6, 6.07) is 15.1. The van der Waals surface area contributed by atoms with Crippen molar-refractivity contribution in [1.29, 1.82) is 0 Å². The number of carboxylic acid groups (broad SMARTS) is 1. The average Bonchev–Trinajstić information content (AvgIpc) is 2.60. The van der Waals surface area contributed by atoms with Crippen LogP contribution in [-0.2, 0) is 11.2 Å². The Morgan fingerprint density at radius 1 is 1.08 bits per heavy atom. The van der Waals surface area contributed by atoms with Gasteiger partial charge in [0.2, 0.25) is 0 Å². The molecule has 126 valence electrons. The molecule has 0 bridgehead atoms. The van der Waals surface area contributed by atoms with E-state index in [4.69, 9.17) is 0 Å². The van der Waals surface area contributed by atoms with Crippen LogP contribution < -0.4 is 5.32 Å². The third kappa shape index (κ3) is 3.98. The van der Waals surface area contributed by atoms with Gasteiger partial charge in [-0.05, 0) is 29.8 Å². The molecule has 25 heavy (non-hydrogen) atoms. The molecule has 3 rings (SSSR count). The summed E-state index contributed by atoms with van der Waals surface area (Å²) in [4.78, 5) is 28.0. The fraction of sp³-hybridized carbons (Fsp3) is 0.105. The van der Waals surface area contributed by atoms with Crippen molar-refractivity contribution in [1.82, 2.24) is 10.3 Å². The molecule has 6 heteroatoms. The largest absolute Gasteiger partial charge is 0.480 e. The molecule has 2 aromatic carbocycles. The summed E-state index contributed by atoms with van der Waals surface area (Å²) >= 11 is 0. The number of benzene rings is 2. The first-order chi connectivity index (χ1) is 12.0. The number of fused-ring (bicyclic) bond motifs is 1. The van der Waals surface area contributed by atoms with Gasteiger partial charge in [0.05, 0.1) is 5.52 Å². The number of carbonyl (C=O) groups is 2. The predicted octanol–water partition coefficient (Wildman–Crippen LogP) is 2.80. The molecule has 5 nitrogen and oxygen atoms in total. The Bertz CT molecular complexity index is 943. The normalized spacial score (nSPS) is 11.9. The molecular weight excluding hydrogens is 323 g/mol. The minimum absolute atomic E-state index is 0.0214. The molecule has 0 fully saturated rings. The van der Waals surface area contributed by atoms with Crippen LogP contribution in [0.15, 0.2) is 60.7 Å². The number of aliphatic carboxylic acids is 1. The second-order valence-corrected chi connectivity index (χ2v) is 5.59. The molecule has 0 saturated carbocycles. The van der Waals surface area contributed by atoms with E-state index in [0.29, 0.717) is 11.1 Å². The molecule has 0 aliphatic heterocycles. The molecule has 0 saturated heterocycles. The van der Waals surface area contributed by atoms with Crippen LogP contribution in [0.5, 0.6) is 0 Å². The molecule has 1 amide bonds. The molecule has 1 aromatic heterocycles. The summed E-state index contributed by atoms with van der Waals surface area (Å²) in [6.07, 6.45) is -0.0214. The number of rotatable bonds is 5. The molecule has 0 unspecified atom stereocenters. The number of hydrogen-bond donors (Lipinski definition) is 2. The molecule has 1 heterocycles. The van der Waals surface area contributed by atoms with Crippen LogP contribution in [0, 0.1) is 5.82 Å². The zero-order chi connectivity index (χ0) is 17.8. The summed E-state index contributed by atoms with van der Waals surface area (Å²) in [7, 11) is 0. The first-order valence-corrected chi connectivity index (χ1v) is 7.67. The molecule has 0 radical (unpaired) electrons. The van der Waals surface area contributed by atoms with Crippen molar-refractivity contribution in [3.05, 3.63) is 77.7 Å². The number of carboxylic acids is 1. The van der Waals surface area contributed by atoms with Crippen molar-refractivity contribution in [3.8, 4) is 0 Å². The van der Waals surface area contributed by atoms with E-state index >= 15 is 0 Å². The molecule has 0 aliphatic rings. The highest BCUT2D eigenvalue weighted by Crippen LogP contribution is 2.12. The lowest BCUT2D eigenvalue weighted by molar-refractivity contribution is -0.139. The first-order valence-electron chi connectivity index (χ1n) is 7.67. The molecule has 2 N–H and O–H groups in total. The lowest BCUT2D eigenvalue weighted by Gasteiger charge is -2.14. The smallest absolute Gasteiger partial charge is 0.326 e. The third-order valence-electron chi connectivity index (χ3n) is 3.76. The summed E-state index contributed by atoms with van der Waals surface area (Å²) in [5.41, 5.74) is 1.26. The highest BCUT2D eigenvalue weighted by molar-refractivity contribution is 5.97. The van der Waals surface area contributed by atoms with Gasteiger partial charge < -0.3 is 10.4 Å². The lowest BCUT2D eigenvalue weighted by Crippen LogP contribution is -2.42. The number of aromatic nitrogens is 1. The highest BCUT2D eigenvalue weighted by Gasteiger charge is 2.22. The van der Waals surface area contributed by atoms with Crippen LogP contribution in [0.1, 0.15) is 16.1 Å². The number of pyridine rings is 1. The van der Waals surface area contributed by atoms with Crippen molar-refractivity contribution in [2.45, 2.75) is 12.5 Å². The molecule has 1 atom stereocenters. The van der Waals surface area contributed by atoms with Gasteiger partial charge in [0, 0.05) is 11.8 Å². The predicted molar refractivity (Wildman–Crippen MR) is 90.7 cm³/mol. The fourth-order valence-electron chi connectivity index (χ4n) is 2.52. The van der Waals surface area contributed by atoms with Crippen LogP contribution >= 0.6 is 0 Å². The van der Waals surface area contributed by atoms with Gasteiger partial charge >= 0.3 is 5.97 Å². The zero-order valence-corrected chi connectivity index (χ0v) is 13.1. The number of para-hydroxylation sites is 1. The average molecular weight is 338 g/mol. The molecule has 3 aromatic rings. The SMILES string of the molecule is O=C(N[C@H](Cc1cccc(F)c1)C(=O)O)c1ccc2ccccc2n1. The third-order valence-corrected chi connectivity index (χ3v) is 3.76. The quantitative estimate of drug-likeness (QED) is 0.750. The Kier molecular flexibility index (Phi) is 4.70.